The number of fused-ring (bicyclic) bond motifs is 1. The van der Waals surface area contributed by atoms with Gasteiger partial charge in [0.05, 0.1) is 29.7 Å². The van der Waals surface area contributed by atoms with Crippen molar-refractivity contribution in [2.75, 3.05) is 13.1 Å². The zero-order valence-corrected chi connectivity index (χ0v) is 18.0. The average Bonchev–Trinajstić information content (AvgIpc) is 3.46. The molecule has 0 bridgehead atoms. The van der Waals surface area contributed by atoms with Gasteiger partial charge < -0.3 is 20.9 Å². The molecule has 1 amide bonds. The highest BCUT2D eigenvalue weighted by molar-refractivity contribution is 5.99. The fourth-order valence-corrected chi connectivity index (χ4v) is 4.33. The Kier molecular flexibility index (Phi) is 5.68. The number of allylic oxidation sites excluding steroid dienone is 1. The van der Waals surface area contributed by atoms with Crippen LogP contribution in [0, 0.1) is 23.2 Å². The predicted molar refractivity (Wildman–Crippen MR) is 120 cm³/mol. The van der Waals surface area contributed by atoms with Gasteiger partial charge in [0.25, 0.3) is 5.91 Å². The Hall–Kier alpha value is -3.34. The molecule has 2 aliphatic heterocycles. The van der Waals surface area contributed by atoms with E-state index in [0.29, 0.717) is 31.1 Å². The number of hydrogen-bond donors (Lipinski definition) is 4. The monoisotopic (exact) mass is 419 g/mol. The van der Waals surface area contributed by atoms with E-state index in [2.05, 4.69) is 57.4 Å². The molecule has 3 heterocycles. The van der Waals surface area contributed by atoms with Crippen molar-refractivity contribution in [2.45, 2.75) is 44.7 Å². The van der Waals surface area contributed by atoms with Crippen molar-refractivity contribution < 1.29 is 4.79 Å². The normalized spacial score (nSPS) is 23.9. The summed E-state index contributed by atoms with van der Waals surface area (Å²) in [5, 5.41) is 19.6. The second-order valence-corrected chi connectivity index (χ2v) is 8.92. The van der Waals surface area contributed by atoms with Crippen LogP contribution in [-0.2, 0) is 0 Å². The Morgan fingerprint density at radius 3 is 2.90 bits per heavy atom. The smallest absolute Gasteiger partial charge is 0.287 e. The van der Waals surface area contributed by atoms with E-state index in [1.54, 1.807) is 0 Å². The molecule has 3 unspecified atom stereocenters. The van der Waals surface area contributed by atoms with E-state index in [9.17, 15) is 10.1 Å². The Labute approximate surface area is 182 Å². The van der Waals surface area contributed by atoms with Crippen molar-refractivity contribution in [3.63, 3.8) is 0 Å². The summed E-state index contributed by atoms with van der Waals surface area (Å²) in [6.45, 7) is 9.54. The summed E-state index contributed by atoms with van der Waals surface area (Å²) in [5.41, 5.74) is 1.78. The first-order chi connectivity index (χ1) is 14.9. The number of carbonyl (C=O) groups excluding carboxylic acids is 1. The van der Waals surface area contributed by atoms with E-state index < -0.39 is 5.54 Å². The van der Waals surface area contributed by atoms with Crippen molar-refractivity contribution in [3.8, 4) is 6.07 Å². The standard InChI is InChI=1S/C23H29N7O/c1-14(2)10-19(29-22(31)21-27-17-6-4-5-7-18(17)28-21)20-26-13-23(12-24,30-20)11-16-8-9-25-15(16)3/h4-7,14,16,19,25H,3,8-11,13H2,1-2H3,(H,26,30)(H,27,28)(H,29,31). The average molecular weight is 420 g/mol. The number of aromatic nitrogens is 2. The van der Waals surface area contributed by atoms with Crippen LogP contribution in [-0.4, -0.2) is 46.4 Å². The lowest BCUT2D eigenvalue weighted by Gasteiger charge is -2.28. The van der Waals surface area contributed by atoms with Crippen LogP contribution in [0.5, 0.6) is 0 Å². The van der Waals surface area contributed by atoms with Crippen molar-refractivity contribution in [1.29, 1.82) is 5.26 Å². The molecule has 3 atom stereocenters. The van der Waals surface area contributed by atoms with Gasteiger partial charge >= 0.3 is 0 Å². The van der Waals surface area contributed by atoms with Gasteiger partial charge in [0.1, 0.15) is 11.4 Å². The highest BCUT2D eigenvalue weighted by Gasteiger charge is 2.41. The van der Waals surface area contributed by atoms with Gasteiger partial charge in [-0.2, -0.15) is 5.26 Å². The van der Waals surface area contributed by atoms with Crippen LogP contribution in [0.2, 0.25) is 0 Å². The highest BCUT2D eigenvalue weighted by Crippen LogP contribution is 2.30. The molecule has 1 fully saturated rings. The van der Waals surface area contributed by atoms with E-state index in [1.165, 1.54) is 0 Å². The molecule has 162 valence electrons. The largest absolute Gasteiger partial charge is 0.389 e. The fraction of sp³-hybridized carbons (Fsp3) is 0.478. The number of nitriles is 1. The molecule has 2 aliphatic rings. The first-order valence-corrected chi connectivity index (χ1v) is 10.8. The summed E-state index contributed by atoms with van der Waals surface area (Å²) in [7, 11) is 0. The number of imidazole rings is 1. The van der Waals surface area contributed by atoms with Crippen molar-refractivity contribution in [1.82, 2.24) is 25.9 Å². The van der Waals surface area contributed by atoms with Gasteiger partial charge in [-0.3, -0.25) is 9.79 Å². The van der Waals surface area contributed by atoms with Crippen molar-refractivity contribution in [3.05, 3.63) is 42.4 Å². The molecule has 1 saturated heterocycles. The summed E-state index contributed by atoms with van der Waals surface area (Å²) in [6, 6.07) is 9.66. The second kappa shape index (κ2) is 8.42. The van der Waals surface area contributed by atoms with Crippen LogP contribution in [0.15, 0.2) is 41.5 Å². The molecule has 8 heteroatoms. The van der Waals surface area contributed by atoms with E-state index in [0.717, 1.165) is 29.7 Å². The molecular formula is C23H29N7O. The maximum Gasteiger partial charge on any atom is 0.287 e. The van der Waals surface area contributed by atoms with Crippen LogP contribution in [0.3, 0.4) is 0 Å². The van der Waals surface area contributed by atoms with Crippen LogP contribution in [0.1, 0.15) is 43.7 Å². The van der Waals surface area contributed by atoms with Crippen molar-refractivity contribution >= 4 is 22.8 Å². The molecular weight excluding hydrogens is 390 g/mol. The van der Waals surface area contributed by atoms with E-state index in [1.807, 2.05) is 24.3 Å². The molecule has 1 aromatic carbocycles. The molecule has 31 heavy (non-hydrogen) atoms. The van der Waals surface area contributed by atoms with Gasteiger partial charge in [0, 0.05) is 18.2 Å². The number of carbonyl (C=O) groups is 1. The lowest BCUT2D eigenvalue weighted by Crippen LogP contribution is -2.53. The summed E-state index contributed by atoms with van der Waals surface area (Å²) < 4.78 is 0. The third-order valence-corrected chi connectivity index (χ3v) is 5.98. The number of benzene rings is 1. The summed E-state index contributed by atoms with van der Waals surface area (Å²) in [4.78, 5) is 25.1. The number of rotatable bonds is 7. The highest BCUT2D eigenvalue weighted by atomic mass is 16.2. The van der Waals surface area contributed by atoms with E-state index in [-0.39, 0.29) is 23.7 Å². The predicted octanol–water partition coefficient (Wildman–Crippen LogP) is 2.48. The van der Waals surface area contributed by atoms with Gasteiger partial charge in [0.15, 0.2) is 5.82 Å². The van der Waals surface area contributed by atoms with Crippen LogP contribution in [0.4, 0.5) is 0 Å². The van der Waals surface area contributed by atoms with Gasteiger partial charge in [-0.25, -0.2) is 4.98 Å². The molecule has 2 aromatic rings. The van der Waals surface area contributed by atoms with Gasteiger partial charge in [-0.15, -0.1) is 0 Å². The minimum Gasteiger partial charge on any atom is -0.389 e. The lowest BCUT2D eigenvalue weighted by atomic mass is 9.87. The van der Waals surface area contributed by atoms with Gasteiger partial charge in [0.2, 0.25) is 0 Å². The van der Waals surface area contributed by atoms with E-state index >= 15 is 0 Å². The zero-order valence-electron chi connectivity index (χ0n) is 18.0. The first kappa shape index (κ1) is 20.9. The molecule has 4 rings (SSSR count). The third-order valence-electron chi connectivity index (χ3n) is 5.98. The topological polar surface area (TPSA) is 118 Å². The molecule has 1 aromatic heterocycles. The van der Waals surface area contributed by atoms with Crippen LogP contribution < -0.4 is 16.0 Å². The summed E-state index contributed by atoms with van der Waals surface area (Å²) in [6.07, 6.45) is 2.32. The lowest BCUT2D eigenvalue weighted by molar-refractivity contribution is 0.0934. The summed E-state index contributed by atoms with van der Waals surface area (Å²) in [5.74, 6) is 1.23. The quantitative estimate of drug-likeness (QED) is 0.550. The molecule has 4 N–H and O–H groups in total. The number of aliphatic imine (C=N–C) groups is 1. The molecule has 8 nitrogen and oxygen atoms in total. The maximum absolute atomic E-state index is 12.9. The number of H-pyrrole nitrogens is 1. The Morgan fingerprint density at radius 1 is 1.42 bits per heavy atom. The first-order valence-electron chi connectivity index (χ1n) is 10.8. The number of nitrogens with zero attached hydrogens (tertiary/aromatic N) is 3. The Balaban J connectivity index is 1.49. The van der Waals surface area contributed by atoms with Crippen molar-refractivity contribution in [2.24, 2.45) is 16.8 Å². The van der Waals surface area contributed by atoms with Gasteiger partial charge in [-0.05, 0) is 37.3 Å². The minimum absolute atomic E-state index is 0.246. The SMILES string of the molecule is C=C1NCCC1CC1(C#N)CN=C(C(CC(C)C)NC(=O)c2nc3ccccc3[nH]2)N1. The summed E-state index contributed by atoms with van der Waals surface area (Å²) >= 11 is 0. The number of amides is 1. The van der Waals surface area contributed by atoms with Crippen LogP contribution in [0.25, 0.3) is 11.0 Å². The Bertz CT molecular complexity index is 1030. The third kappa shape index (κ3) is 4.41. The van der Waals surface area contributed by atoms with E-state index in [4.69, 9.17) is 0 Å². The molecule has 0 aliphatic carbocycles. The number of nitrogens with one attached hydrogen (secondary N) is 4. The number of amidine groups is 1. The number of aromatic amines is 1. The van der Waals surface area contributed by atoms with Gasteiger partial charge in [-0.1, -0.05) is 32.6 Å². The molecule has 0 saturated carbocycles. The van der Waals surface area contributed by atoms with Crippen LogP contribution >= 0.6 is 0 Å². The molecule has 0 spiro atoms. The number of hydrogen-bond acceptors (Lipinski definition) is 6. The fourth-order valence-electron chi connectivity index (χ4n) is 4.33. The zero-order chi connectivity index (χ0) is 22.0. The Morgan fingerprint density at radius 2 is 2.23 bits per heavy atom. The number of para-hydroxylation sites is 2. The molecule has 0 radical (unpaired) electrons. The second-order valence-electron chi connectivity index (χ2n) is 8.92. The maximum atomic E-state index is 12.9. The minimum atomic E-state index is -0.770.